The van der Waals surface area contributed by atoms with Crippen molar-refractivity contribution >= 4 is 17.4 Å². The van der Waals surface area contributed by atoms with Gasteiger partial charge in [-0.05, 0) is 61.3 Å². The molecule has 2 N–H and O–H groups in total. The Kier molecular flexibility index (Phi) is 6.27. The van der Waals surface area contributed by atoms with Crippen molar-refractivity contribution in [1.82, 2.24) is 30.4 Å². The number of likely N-dealkylation sites (tertiary alicyclic amines) is 1. The van der Waals surface area contributed by atoms with Gasteiger partial charge < -0.3 is 15.0 Å². The predicted molar refractivity (Wildman–Crippen MR) is 134 cm³/mol. The van der Waals surface area contributed by atoms with Gasteiger partial charge in [-0.1, -0.05) is 0 Å². The fraction of sp³-hybridized carbons (Fsp3) is 0.640. The molecule has 9 heteroatoms. The summed E-state index contributed by atoms with van der Waals surface area (Å²) >= 11 is 0. The number of nitrogens with one attached hydrogen (secondary N) is 2. The van der Waals surface area contributed by atoms with E-state index in [1.807, 2.05) is 49.8 Å². The maximum atomic E-state index is 12.8. The van der Waals surface area contributed by atoms with Crippen LogP contribution in [0.25, 0.3) is 5.57 Å². The third-order valence-electron chi connectivity index (χ3n) is 5.98. The second-order valence-electron chi connectivity index (χ2n) is 11.5. The number of allylic oxidation sites excluding steroid dienone is 1. The molecule has 0 aromatic carbocycles. The summed E-state index contributed by atoms with van der Waals surface area (Å²) in [5.74, 6) is 1.99. The molecule has 4 heterocycles. The van der Waals surface area contributed by atoms with Crippen molar-refractivity contribution in [3.8, 4) is 0 Å². The number of carbonyl (C=O) groups excluding carboxylic acids is 1. The molecule has 0 aliphatic carbocycles. The number of aromatic nitrogens is 2. The van der Waals surface area contributed by atoms with Gasteiger partial charge in [0.05, 0.1) is 18.0 Å². The number of amides is 1. The van der Waals surface area contributed by atoms with Gasteiger partial charge in [-0.3, -0.25) is 4.68 Å². The van der Waals surface area contributed by atoms with Gasteiger partial charge >= 0.3 is 6.09 Å². The summed E-state index contributed by atoms with van der Waals surface area (Å²) in [6.45, 7) is 15.6. The summed E-state index contributed by atoms with van der Waals surface area (Å²) in [4.78, 5) is 19.7. The molecule has 2 atom stereocenters. The summed E-state index contributed by atoms with van der Waals surface area (Å²) in [5.41, 5.74) is 6.09. The molecular weight excluding hydrogens is 430 g/mol. The number of ether oxygens (including phenoxy) is 1. The lowest BCUT2D eigenvalue weighted by Crippen LogP contribution is -2.49. The highest BCUT2D eigenvalue weighted by Gasteiger charge is 2.38. The standard InChI is InChI=1S/C25H39N7O2/c1-16-21(18-13-26-30(8)14-18)22-27-19(12-20(32(22)29-16)28-24(2,3)4)17-10-9-11-31(15-17)23(33)34-25(5,6)7/h12-14,16-17,28-29H,9-11,15H2,1-8H3. The average Bonchev–Trinajstić information content (AvgIpc) is 3.27. The van der Waals surface area contributed by atoms with Gasteiger partial charge in [-0.25, -0.2) is 20.2 Å². The molecular formula is C25H39N7O2. The largest absolute Gasteiger partial charge is 0.444 e. The first-order valence-corrected chi connectivity index (χ1v) is 12.2. The Labute approximate surface area is 202 Å². The molecule has 3 aliphatic heterocycles. The van der Waals surface area contributed by atoms with Crippen molar-refractivity contribution < 1.29 is 9.53 Å². The number of aliphatic imine (C=N–C) groups is 1. The normalized spacial score (nSPS) is 23.5. The molecule has 186 valence electrons. The zero-order chi connectivity index (χ0) is 24.8. The number of hydrogen-bond acceptors (Lipinski definition) is 7. The summed E-state index contributed by atoms with van der Waals surface area (Å²) in [7, 11) is 1.93. The second kappa shape index (κ2) is 8.76. The molecule has 34 heavy (non-hydrogen) atoms. The monoisotopic (exact) mass is 469 g/mol. The van der Waals surface area contributed by atoms with Crippen LogP contribution in [0, 0.1) is 5.92 Å². The van der Waals surface area contributed by atoms with E-state index in [1.165, 1.54) is 0 Å². The molecule has 1 saturated heterocycles. The molecule has 0 bridgehead atoms. The van der Waals surface area contributed by atoms with E-state index in [9.17, 15) is 4.79 Å². The molecule has 1 aromatic rings. The van der Waals surface area contributed by atoms with Gasteiger partial charge in [-0.15, -0.1) is 0 Å². The summed E-state index contributed by atoms with van der Waals surface area (Å²) in [6, 6.07) is 0.0806. The number of hydrogen-bond donors (Lipinski definition) is 2. The highest BCUT2D eigenvalue weighted by atomic mass is 16.6. The van der Waals surface area contributed by atoms with Crippen molar-refractivity contribution in [3.05, 3.63) is 35.7 Å². The van der Waals surface area contributed by atoms with Gasteiger partial charge in [-0.2, -0.15) is 5.10 Å². The van der Waals surface area contributed by atoms with E-state index >= 15 is 0 Å². The van der Waals surface area contributed by atoms with Crippen LogP contribution in [-0.4, -0.2) is 61.8 Å². The number of aryl methyl sites for hydroxylation is 1. The summed E-state index contributed by atoms with van der Waals surface area (Å²) in [5, 5.41) is 10.1. The van der Waals surface area contributed by atoms with Crippen LogP contribution in [0.5, 0.6) is 0 Å². The van der Waals surface area contributed by atoms with Crippen LogP contribution >= 0.6 is 0 Å². The number of nitrogens with zero attached hydrogens (tertiary/aromatic N) is 5. The number of hydrazine groups is 1. The molecule has 0 spiro atoms. The van der Waals surface area contributed by atoms with Gasteiger partial charge in [0.1, 0.15) is 11.4 Å². The Hall–Kier alpha value is -2.81. The highest BCUT2D eigenvalue weighted by Crippen LogP contribution is 2.36. The second-order valence-corrected chi connectivity index (χ2v) is 11.5. The summed E-state index contributed by atoms with van der Waals surface area (Å²) < 4.78 is 7.46. The lowest BCUT2D eigenvalue weighted by atomic mass is 9.92. The Morgan fingerprint density at radius 1 is 1.24 bits per heavy atom. The van der Waals surface area contributed by atoms with Crippen LogP contribution in [0.15, 0.2) is 35.1 Å². The Morgan fingerprint density at radius 2 is 1.97 bits per heavy atom. The van der Waals surface area contributed by atoms with E-state index in [0.717, 1.165) is 41.3 Å². The third kappa shape index (κ3) is 5.29. The number of rotatable bonds is 3. The first kappa shape index (κ1) is 24.3. The van der Waals surface area contributed by atoms with Crippen molar-refractivity contribution in [2.24, 2.45) is 18.0 Å². The lowest BCUT2D eigenvalue weighted by molar-refractivity contribution is 0.0194. The van der Waals surface area contributed by atoms with Crippen LogP contribution < -0.4 is 10.7 Å². The molecule has 0 saturated carbocycles. The Morgan fingerprint density at radius 3 is 2.59 bits per heavy atom. The number of fused-ring (bicyclic) bond motifs is 1. The Balaban J connectivity index is 1.69. The predicted octanol–water partition coefficient (Wildman–Crippen LogP) is 3.63. The lowest BCUT2D eigenvalue weighted by Gasteiger charge is -2.37. The van der Waals surface area contributed by atoms with Crippen LogP contribution in [0.3, 0.4) is 0 Å². The van der Waals surface area contributed by atoms with Crippen molar-refractivity contribution in [2.75, 3.05) is 13.1 Å². The van der Waals surface area contributed by atoms with E-state index < -0.39 is 5.60 Å². The van der Waals surface area contributed by atoms with Gasteiger partial charge in [0, 0.05) is 55.0 Å². The fourth-order valence-corrected chi connectivity index (χ4v) is 4.62. The van der Waals surface area contributed by atoms with Crippen molar-refractivity contribution in [2.45, 2.75) is 78.5 Å². The van der Waals surface area contributed by atoms with Crippen molar-refractivity contribution in [1.29, 1.82) is 0 Å². The van der Waals surface area contributed by atoms with Crippen LogP contribution in [0.4, 0.5) is 4.79 Å². The first-order chi connectivity index (χ1) is 15.8. The van der Waals surface area contributed by atoms with E-state index in [1.54, 1.807) is 0 Å². The maximum absolute atomic E-state index is 12.8. The molecule has 1 amide bonds. The summed E-state index contributed by atoms with van der Waals surface area (Å²) in [6.07, 6.45) is 7.70. The minimum Gasteiger partial charge on any atom is -0.444 e. The molecule has 2 unspecified atom stereocenters. The number of carbonyl (C=O) groups is 1. The zero-order valence-corrected chi connectivity index (χ0v) is 21.8. The first-order valence-electron chi connectivity index (χ1n) is 12.2. The van der Waals surface area contributed by atoms with Gasteiger partial charge in [0.25, 0.3) is 0 Å². The van der Waals surface area contributed by atoms with Crippen LogP contribution in [0.2, 0.25) is 0 Å². The molecule has 3 aliphatic rings. The van der Waals surface area contributed by atoms with Gasteiger partial charge in [0.2, 0.25) is 0 Å². The van der Waals surface area contributed by atoms with E-state index in [0.29, 0.717) is 13.1 Å². The molecule has 1 fully saturated rings. The van der Waals surface area contributed by atoms with E-state index in [-0.39, 0.29) is 23.6 Å². The topological polar surface area (TPSA) is 87.0 Å². The molecule has 4 rings (SSSR count). The van der Waals surface area contributed by atoms with Crippen LogP contribution in [0.1, 0.15) is 66.9 Å². The Bertz CT molecular complexity index is 1040. The minimum atomic E-state index is -0.508. The van der Waals surface area contributed by atoms with Crippen LogP contribution in [-0.2, 0) is 11.8 Å². The number of piperidine rings is 1. The quantitative estimate of drug-likeness (QED) is 0.703. The maximum Gasteiger partial charge on any atom is 0.410 e. The third-order valence-corrected chi connectivity index (χ3v) is 5.98. The average molecular weight is 470 g/mol. The molecule has 1 aromatic heterocycles. The van der Waals surface area contributed by atoms with Gasteiger partial charge in [0.15, 0.2) is 5.82 Å². The molecule has 0 radical (unpaired) electrons. The van der Waals surface area contributed by atoms with E-state index in [4.69, 9.17) is 9.73 Å². The SMILES string of the molecule is CC1NN2C(NC(C)(C)C)=CC(C3CCCN(C(=O)OC(C)(C)C)C3)=NC2=C1c1cnn(C)c1. The molecule has 9 nitrogen and oxygen atoms in total. The fourth-order valence-electron chi connectivity index (χ4n) is 4.62. The van der Waals surface area contributed by atoms with Crippen molar-refractivity contribution in [3.63, 3.8) is 0 Å². The zero-order valence-electron chi connectivity index (χ0n) is 21.8. The highest BCUT2D eigenvalue weighted by molar-refractivity contribution is 6.00. The smallest absolute Gasteiger partial charge is 0.410 e. The minimum absolute atomic E-state index is 0.0806. The van der Waals surface area contributed by atoms with E-state index in [2.05, 4.69) is 54.6 Å².